The third-order valence-corrected chi connectivity index (χ3v) is 4.34. The molecule has 7 heteroatoms. The first kappa shape index (κ1) is 17.7. The number of aromatic nitrogens is 2. The van der Waals surface area contributed by atoms with Crippen LogP contribution < -0.4 is 5.56 Å². The van der Waals surface area contributed by atoms with Crippen LogP contribution in [0.5, 0.6) is 0 Å². The Bertz CT molecular complexity index is 1040. The predicted molar refractivity (Wildman–Crippen MR) is 100 cm³/mol. The number of rotatable bonds is 4. The number of benzene rings is 2. The van der Waals surface area contributed by atoms with Crippen molar-refractivity contribution in [3.8, 4) is 5.69 Å². The third kappa shape index (κ3) is 3.32. The highest BCUT2D eigenvalue weighted by Gasteiger charge is 2.15. The fourth-order valence-electron chi connectivity index (χ4n) is 2.54. The second kappa shape index (κ2) is 7.41. The average molecular weight is 370 g/mol. The number of nitrogens with zero attached hydrogens (tertiary/aromatic N) is 3. The van der Waals surface area contributed by atoms with Gasteiger partial charge in [0.2, 0.25) is 0 Å². The van der Waals surface area contributed by atoms with E-state index in [0.717, 1.165) is 5.69 Å². The average Bonchev–Trinajstić information content (AvgIpc) is 2.86. The van der Waals surface area contributed by atoms with E-state index in [1.807, 2.05) is 30.3 Å². The summed E-state index contributed by atoms with van der Waals surface area (Å²) in [5, 5.41) is 3.94. The Morgan fingerprint density at radius 1 is 1.12 bits per heavy atom. The first-order chi connectivity index (χ1) is 12.5. The van der Waals surface area contributed by atoms with E-state index in [0.29, 0.717) is 11.3 Å². The van der Waals surface area contributed by atoms with Gasteiger partial charge in [-0.25, -0.2) is 9.48 Å². The van der Waals surface area contributed by atoms with Crippen LogP contribution in [0.15, 0.2) is 64.5 Å². The van der Waals surface area contributed by atoms with Crippen LogP contribution in [0.4, 0.5) is 0 Å². The molecule has 0 bridgehead atoms. The van der Waals surface area contributed by atoms with Crippen LogP contribution in [0.1, 0.15) is 21.6 Å². The maximum atomic E-state index is 12.7. The fourth-order valence-corrected chi connectivity index (χ4v) is 2.75. The van der Waals surface area contributed by atoms with Crippen molar-refractivity contribution in [2.24, 2.45) is 12.2 Å². The summed E-state index contributed by atoms with van der Waals surface area (Å²) < 4.78 is 3.24. The van der Waals surface area contributed by atoms with Gasteiger partial charge >= 0.3 is 5.97 Å². The summed E-state index contributed by atoms with van der Waals surface area (Å²) >= 11 is 5.95. The Balaban J connectivity index is 1.87. The molecule has 3 aromatic rings. The van der Waals surface area contributed by atoms with Gasteiger partial charge in [0.15, 0.2) is 0 Å². The Labute approximate surface area is 154 Å². The monoisotopic (exact) mass is 369 g/mol. The normalized spacial score (nSPS) is 11.0. The molecule has 0 fully saturated rings. The van der Waals surface area contributed by atoms with Gasteiger partial charge in [0, 0.05) is 12.7 Å². The highest BCUT2D eigenvalue weighted by atomic mass is 35.5. The molecular weight excluding hydrogens is 354 g/mol. The number of halogens is 1. The molecule has 0 aliphatic heterocycles. The second-order valence-electron chi connectivity index (χ2n) is 5.57. The van der Waals surface area contributed by atoms with Crippen LogP contribution in [-0.2, 0) is 11.9 Å². The van der Waals surface area contributed by atoms with Crippen LogP contribution >= 0.6 is 11.6 Å². The fraction of sp³-hybridized carbons (Fsp3) is 0.105. The van der Waals surface area contributed by atoms with E-state index in [-0.39, 0.29) is 16.1 Å². The molecule has 1 heterocycles. The summed E-state index contributed by atoms with van der Waals surface area (Å²) in [7, 11) is 1.77. The summed E-state index contributed by atoms with van der Waals surface area (Å²) in [5.74, 6) is -0.691. The standard InChI is InChI=1S/C19H16ClN3O3/c1-13-16(12-21-26-19(25)15-10-6-7-11-17(15)20)18(24)23(22(13)2)14-8-4-3-5-9-14/h3-12H,1-2H3. The van der Waals surface area contributed by atoms with Crippen LogP contribution in [0, 0.1) is 6.92 Å². The number of para-hydroxylation sites is 1. The number of hydrogen-bond acceptors (Lipinski definition) is 4. The molecule has 2 aromatic carbocycles. The Morgan fingerprint density at radius 2 is 1.77 bits per heavy atom. The molecule has 0 saturated carbocycles. The molecule has 6 nitrogen and oxygen atoms in total. The molecule has 0 N–H and O–H groups in total. The van der Waals surface area contributed by atoms with E-state index in [1.165, 1.54) is 17.0 Å². The number of carbonyl (C=O) groups excluding carboxylic acids is 1. The summed E-state index contributed by atoms with van der Waals surface area (Å²) in [5.41, 5.74) is 1.71. The molecule has 0 saturated heterocycles. The van der Waals surface area contributed by atoms with Gasteiger partial charge in [-0.15, -0.1) is 0 Å². The highest BCUT2D eigenvalue weighted by Crippen LogP contribution is 2.16. The zero-order chi connectivity index (χ0) is 18.7. The Hall–Kier alpha value is -3.12. The molecule has 1 aromatic heterocycles. The van der Waals surface area contributed by atoms with E-state index in [4.69, 9.17) is 16.4 Å². The maximum absolute atomic E-state index is 12.7. The zero-order valence-electron chi connectivity index (χ0n) is 14.2. The minimum absolute atomic E-state index is 0.206. The Kier molecular flexibility index (Phi) is 5.04. The minimum Gasteiger partial charge on any atom is -0.313 e. The van der Waals surface area contributed by atoms with Gasteiger partial charge in [-0.3, -0.25) is 9.48 Å². The molecule has 0 aliphatic rings. The van der Waals surface area contributed by atoms with E-state index in [1.54, 1.807) is 36.9 Å². The quantitative estimate of drug-likeness (QED) is 0.402. The number of hydrogen-bond donors (Lipinski definition) is 0. The molecule has 0 unspecified atom stereocenters. The van der Waals surface area contributed by atoms with Gasteiger partial charge in [-0.05, 0) is 31.2 Å². The van der Waals surface area contributed by atoms with Crippen molar-refractivity contribution >= 4 is 23.8 Å². The molecular formula is C19H16ClN3O3. The van der Waals surface area contributed by atoms with E-state index >= 15 is 0 Å². The molecule has 0 radical (unpaired) electrons. The number of oxime groups is 1. The van der Waals surface area contributed by atoms with Crippen LogP contribution in [-0.4, -0.2) is 21.5 Å². The van der Waals surface area contributed by atoms with Gasteiger partial charge < -0.3 is 4.84 Å². The van der Waals surface area contributed by atoms with E-state index < -0.39 is 5.97 Å². The molecule has 3 rings (SSSR count). The second-order valence-corrected chi connectivity index (χ2v) is 5.98. The first-order valence-corrected chi connectivity index (χ1v) is 8.21. The third-order valence-electron chi connectivity index (χ3n) is 4.01. The lowest BCUT2D eigenvalue weighted by Crippen LogP contribution is -2.20. The molecule has 26 heavy (non-hydrogen) atoms. The SMILES string of the molecule is Cc1c(C=NOC(=O)c2ccccc2Cl)c(=O)n(-c2ccccc2)n1C. The lowest BCUT2D eigenvalue weighted by molar-refractivity contribution is 0.0519. The van der Waals surface area contributed by atoms with Gasteiger partial charge in [-0.2, -0.15) is 0 Å². The minimum atomic E-state index is -0.691. The van der Waals surface area contributed by atoms with Crippen molar-refractivity contribution in [3.63, 3.8) is 0 Å². The molecule has 132 valence electrons. The van der Waals surface area contributed by atoms with Gasteiger partial charge in [0.1, 0.15) is 0 Å². The van der Waals surface area contributed by atoms with E-state index in [9.17, 15) is 9.59 Å². The largest absolute Gasteiger partial charge is 0.367 e. The topological polar surface area (TPSA) is 65.6 Å². The Morgan fingerprint density at radius 3 is 2.46 bits per heavy atom. The zero-order valence-corrected chi connectivity index (χ0v) is 15.0. The van der Waals surface area contributed by atoms with Gasteiger partial charge in [0.25, 0.3) is 5.56 Å². The first-order valence-electron chi connectivity index (χ1n) is 7.84. The smallest absolute Gasteiger partial charge is 0.313 e. The van der Waals surface area contributed by atoms with Crippen molar-refractivity contribution in [1.82, 2.24) is 9.36 Å². The lowest BCUT2D eigenvalue weighted by atomic mass is 10.2. The number of carbonyl (C=O) groups is 1. The van der Waals surface area contributed by atoms with Crippen molar-refractivity contribution in [2.75, 3.05) is 0 Å². The summed E-state index contributed by atoms with van der Waals surface area (Å²) in [6, 6.07) is 15.7. The summed E-state index contributed by atoms with van der Waals surface area (Å²) in [4.78, 5) is 29.6. The maximum Gasteiger partial charge on any atom is 0.367 e. The predicted octanol–water partition coefficient (Wildman–Crippen LogP) is 3.33. The van der Waals surface area contributed by atoms with Crippen molar-refractivity contribution in [2.45, 2.75) is 6.92 Å². The van der Waals surface area contributed by atoms with Crippen molar-refractivity contribution < 1.29 is 9.63 Å². The van der Waals surface area contributed by atoms with Crippen LogP contribution in [0.3, 0.4) is 0 Å². The van der Waals surface area contributed by atoms with Crippen molar-refractivity contribution in [3.05, 3.63) is 86.8 Å². The summed E-state index contributed by atoms with van der Waals surface area (Å²) in [6.07, 6.45) is 1.24. The highest BCUT2D eigenvalue weighted by molar-refractivity contribution is 6.33. The molecule has 0 atom stereocenters. The van der Waals surface area contributed by atoms with Gasteiger partial charge in [-0.1, -0.05) is 47.1 Å². The molecule has 0 amide bonds. The lowest BCUT2D eigenvalue weighted by Gasteiger charge is -2.07. The summed E-state index contributed by atoms with van der Waals surface area (Å²) in [6.45, 7) is 1.79. The van der Waals surface area contributed by atoms with Crippen molar-refractivity contribution in [1.29, 1.82) is 0 Å². The molecule has 0 spiro atoms. The molecule has 0 aliphatic carbocycles. The van der Waals surface area contributed by atoms with Gasteiger partial charge in [0.05, 0.1) is 28.1 Å². The van der Waals surface area contributed by atoms with Crippen LogP contribution in [0.2, 0.25) is 5.02 Å². The van der Waals surface area contributed by atoms with E-state index in [2.05, 4.69) is 5.16 Å². The van der Waals surface area contributed by atoms with Crippen LogP contribution in [0.25, 0.3) is 5.69 Å².